The van der Waals surface area contributed by atoms with E-state index in [0.717, 1.165) is 19.3 Å². The van der Waals surface area contributed by atoms with Gasteiger partial charge >= 0.3 is 5.97 Å². The van der Waals surface area contributed by atoms with Crippen molar-refractivity contribution in [1.29, 1.82) is 0 Å². The summed E-state index contributed by atoms with van der Waals surface area (Å²) in [4.78, 5) is 18.9. The van der Waals surface area contributed by atoms with Gasteiger partial charge in [0, 0.05) is 17.5 Å². The highest BCUT2D eigenvalue weighted by Gasteiger charge is 2.28. The number of fused-ring (bicyclic) bond motifs is 1. The monoisotopic (exact) mass is 327 g/mol. The Labute approximate surface area is 140 Å². The van der Waals surface area contributed by atoms with Crippen LogP contribution in [0.1, 0.15) is 72.5 Å². The lowest BCUT2D eigenvalue weighted by Gasteiger charge is -2.26. The van der Waals surface area contributed by atoms with Crippen LogP contribution in [0.2, 0.25) is 0 Å². The molecule has 2 aliphatic rings. The normalized spacial score (nSPS) is 20.8. The van der Waals surface area contributed by atoms with Crippen LogP contribution in [0.5, 0.6) is 0 Å². The van der Waals surface area contributed by atoms with Crippen molar-refractivity contribution in [2.24, 2.45) is 0 Å². The summed E-state index contributed by atoms with van der Waals surface area (Å²) in [5.74, 6) is -0.747. The van der Waals surface area contributed by atoms with Crippen LogP contribution in [-0.2, 0) is 6.42 Å². The van der Waals surface area contributed by atoms with E-state index in [1.807, 2.05) is 6.20 Å². The molecule has 24 heavy (non-hydrogen) atoms. The molecule has 1 saturated carbocycles. The van der Waals surface area contributed by atoms with E-state index in [1.165, 1.54) is 43.1 Å². The van der Waals surface area contributed by atoms with E-state index in [-0.39, 0.29) is 11.9 Å². The number of hydrogen-bond donors (Lipinski definition) is 2. The average Bonchev–Trinajstić information content (AvgIpc) is 3.24. The number of nitrogens with zero attached hydrogens (tertiary/aromatic N) is 4. The average molecular weight is 327 g/mol. The number of aromatic nitrogens is 4. The molecule has 1 unspecified atom stereocenters. The van der Waals surface area contributed by atoms with Crippen molar-refractivity contribution in [3.05, 3.63) is 35.5 Å². The fourth-order valence-corrected chi connectivity index (χ4v) is 3.91. The van der Waals surface area contributed by atoms with Gasteiger partial charge in [-0.15, -0.1) is 0 Å². The molecular formula is C17H21N5O2. The summed E-state index contributed by atoms with van der Waals surface area (Å²) in [5, 5.41) is 17.1. The maximum atomic E-state index is 11.0. The summed E-state index contributed by atoms with van der Waals surface area (Å²) < 4.78 is 2.23. The van der Waals surface area contributed by atoms with Gasteiger partial charge in [-0.05, 0) is 38.2 Å². The van der Waals surface area contributed by atoms with E-state index < -0.39 is 5.97 Å². The Kier molecular flexibility index (Phi) is 3.92. The molecule has 2 N–H and O–H groups in total. The second-order valence-corrected chi connectivity index (χ2v) is 6.59. The minimum Gasteiger partial charge on any atom is -0.475 e. The fraction of sp³-hybridized carbons (Fsp3) is 0.529. The van der Waals surface area contributed by atoms with Crippen molar-refractivity contribution < 1.29 is 9.90 Å². The van der Waals surface area contributed by atoms with E-state index in [4.69, 9.17) is 5.11 Å². The van der Waals surface area contributed by atoms with Crippen LogP contribution < -0.4 is 5.32 Å². The molecule has 0 radical (unpaired) electrons. The van der Waals surface area contributed by atoms with Crippen molar-refractivity contribution >= 4 is 11.8 Å². The van der Waals surface area contributed by atoms with Crippen molar-refractivity contribution in [2.45, 2.75) is 57.0 Å². The Morgan fingerprint density at radius 1 is 1.25 bits per heavy atom. The summed E-state index contributed by atoms with van der Waals surface area (Å²) in [5.41, 5.74) is 2.56. The number of aromatic carboxylic acids is 1. The lowest BCUT2D eigenvalue weighted by Crippen LogP contribution is -2.20. The lowest BCUT2D eigenvalue weighted by molar-refractivity contribution is 0.0683. The molecule has 0 aliphatic heterocycles. The molecule has 2 aliphatic carbocycles. The van der Waals surface area contributed by atoms with Gasteiger partial charge in [0.05, 0.1) is 18.3 Å². The molecule has 4 rings (SSSR count). The summed E-state index contributed by atoms with van der Waals surface area (Å²) in [6.45, 7) is 0. The number of nitrogens with one attached hydrogen (secondary N) is 1. The molecule has 126 valence electrons. The maximum Gasteiger partial charge on any atom is 0.374 e. The van der Waals surface area contributed by atoms with Crippen molar-refractivity contribution in [2.75, 3.05) is 5.32 Å². The number of carbonyl (C=O) groups is 1. The van der Waals surface area contributed by atoms with Crippen LogP contribution in [-0.4, -0.2) is 30.8 Å². The molecule has 2 heterocycles. The van der Waals surface area contributed by atoms with Crippen LogP contribution in [0.15, 0.2) is 18.5 Å². The second kappa shape index (κ2) is 6.22. The summed E-state index contributed by atoms with van der Waals surface area (Å²) in [6, 6.07) is 2.38. The van der Waals surface area contributed by atoms with Gasteiger partial charge in [0.15, 0.2) is 0 Å². The Balaban J connectivity index is 1.58. The summed E-state index contributed by atoms with van der Waals surface area (Å²) >= 11 is 0. The highest BCUT2D eigenvalue weighted by molar-refractivity contribution is 5.83. The quantitative estimate of drug-likeness (QED) is 0.897. The first kappa shape index (κ1) is 15.1. The summed E-state index contributed by atoms with van der Waals surface area (Å²) in [6.07, 6.45) is 11.6. The smallest absolute Gasteiger partial charge is 0.374 e. The third-order valence-electron chi connectivity index (χ3n) is 5.05. The minimum absolute atomic E-state index is 0.125. The molecule has 2 aromatic heterocycles. The first-order valence-corrected chi connectivity index (χ1v) is 8.61. The zero-order valence-electron chi connectivity index (χ0n) is 13.5. The van der Waals surface area contributed by atoms with Crippen LogP contribution in [0.3, 0.4) is 0 Å². The SMILES string of the molecule is O=C(O)c1nccc(NC2CCCc3c2cnn3C2CCCC2)n1. The molecular weight excluding hydrogens is 306 g/mol. The Morgan fingerprint density at radius 3 is 2.88 bits per heavy atom. The summed E-state index contributed by atoms with van der Waals surface area (Å²) in [7, 11) is 0. The standard InChI is InChI=1S/C17H21N5O2/c23-17(24)16-18-9-8-15(21-16)20-13-6-3-7-14-12(13)10-19-22(14)11-4-1-2-5-11/h8-11,13H,1-7H2,(H,23,24)(H,18,20,21). The predicted molar refractivity (Wildman–Crippen MR) is 88.0 cm³/mol. The molecule has 0 amide bonds. The highest BCUT2D eigenvalue weighted by Crippen LogP contribution is 2.36. The topological polar surface area (TPSA) is 92.9 Å². The van der Waals surface area contributed by atoms with Gasteiger partial charge in [0.1, 0.15) is 5.82 Å². The van der Waals surface area contributed by atoms with E-state index in [2.05, 4.69) is 25.1 Å². The van der Waals surface area contributed by atoms with Gasteiger partial charge < -0.3 is 10.4 Å². The van der Waals surface area contributed by atoms with Crippen molar-refractivity contribution in [1.82, 2.24) is 19.7 Å². The van der Waals surface area contributed by atoms with Gasteiger partial charge in [-0.1, -0.05) is 12.8 Å². The van der Waals surface area contributed by atoms with Gasteiger partial charge in [0.25, 0.3) is 0 Å². The van der Waals surface area contributed by atoms with Gasteiger partial charge in [-0.25, -0.2) is 14.8 Å². The molecule has 7 heteroatoms. The zero-order valence-corrected chi connectivity index (χ0v) is 13.5. The number of anilines is 1. The fourth-order valence-electron chi connectivity index (χ4n) is 3.91. The maximum absolute atomic E-state index is 11.0. The molecule has 1 atom stereocenters. The van der Waals surface area contributed by atoms with Crippen molar-refractivity contribution in [3.63, 3.8) is 0 Å². The molecule has 0 bridgehead atoms. The van der Waals surface area contributed by atoms with E-state index >= 15 is 0 Å². The molecule has 0 spiro atoms. The Hall–Kier alpha value is -2.44. The van der Waals surface area contributed by atoms with Crippen LogP contribution in [0.4, 0.5) is 5.82 Å². The molecule has 0 saturated heterocycles. The molecule has 1 fully saturated rings. The van der Waals surface area contributed by atoms with Gasteiger partial charge in [0.2, 0.25) is 5.82 Å². The number of carboxylic acid groups (broad SMARTS) is 1. The number of rotatable bonds is 4. The first-order valence-electron chi connectivity index (χ1n) is 8.61. The van der Waals surface area contributed by atoms with Crippen LogP contribution >= 0.6 is 0 Å². The molecule has 0 aromatic carbocycles. The zero-order chi connectivity index (χ0) is 16.5. The Morgan fingerprint density at radius 2 is 2.08 bits per heavy atom. The van der Waals surface area contributed by atoms with Crippen LogP contribution in [0, 0.1) is 0 Å². The van der Waals surface area contributed by atoms with E-state index in [0.29, 0.717) is 11.9 Å². The predicted octanol–water partition coefficient (Wildman–Crippen LogP) is 2.98. The number of hydrogen-bond acceptors (Lipinski definition) is 5. The minimum atomic E-state index is -1.11. The van der Waals surface area contributed by atoms with Crippen molar-refractivity contribution in [3.8, 4) is 0 Å². The van der Waals surface area contributed by atoms with E-state index in [9.17, 15) is 4.79 Å². The third kappa shape index (κ3) is 2.74. The first-order chi connectivity index (χ1) is 11.7. The third-order valence-corrected chi connectivity index (χ3v) is 5.05. The molecule has 7 nitrogen and oxygen atoms in total. The largest absolute Gasteiger partial charge is 0.475 e. The van der Waals surface area contributed by atoms with E-state index in [1.54, 1.807) is 6.07 Å². The van der Waals surface area contributed by atoms with Gasteiger partial charge in [-0.2, -0.15) is 5.10 Å². The van der Waals surface area contributed by atoms with Gasteiger partial charge in [-0.3, -0.25) is 4.68 Å². The Bertz CT molecular complexity index is 751. The highest BCUT2D eigenvalue weighted by atomic mass is 16.4. The second-order valence-electron chi connectivity index (χ2n) is 6.59. The molecule has 2 aromatic rings. The number of carboxylic acids is 1. The lowest BCUT2D eigenvalue weighted by atomic mass is 9.92. The van der Waals surface area contributed by atoms with Crippen LogP contribution in [0.25, 0.3) is 0 Å².